The Bertz CT molecular complexity index is 855. The molecule has 0 amide bonds. The molecular formula is C18H19ClN4O2. The van der Waals surface area contributed by atoms with Crippen molar-refractivity contribution < 1.29 is 9.84 Å². The lowest BCUT2D eigenvalue weighted by Gasteiger charge is -2.44. The van der Waals surface area contributed by atoms with Gasteiger partial charge in [0, 0.05) is 18.6 Å². The quantitative estimate of drug-likeness (QED) is 0.686. The van der Waals surface area contributed by atoms with Gasteiger partial charge in [0.05, 0.1) is 19.5 Å². The molecule has 130 valence electrons. The third-order valence-electron chi connectivity index (χ3n) is 4.97. The van der Waals surface area contributed by atoms with Gasteiger partial charge in [0.2, 0.25) is 0 Å². The van der Waals surface area contributed by atoms with Crippen molar-refractivity contribution in [3.63, 3.8) is 0 Å². The monoisotopic (exact) mass is 358 g/mol. The van der Waals surface area contributed by atoms with Crippen LogP contribution >= 0.6 is 11.6 Å². The number of halogens is 1. The molecule has 3 atom stereocenters. The molecule has 0 saturated heterocycles. The van der Waals surface area contributed by atoms with E-state index in [9.17, 15) is 5.11 Å². The fourth-order valence-corrected chi connectivity index (χ4v) is 3.71. The number of imidazole rings is 1. The first-order chi connectivity index (χ1) is 12.3. The predicted octanol–water partition coefficient (Wildman–Crippen LogP) is 2.87. The molecule has 7 heteroatoms. The largest absolute Gasteiger partial charge is 0.396 e. The Morgan fingerprint density at radius 1 is 1.20 bits per heavy atom. The molecule has 0 aliphatic heterocycles. The van der Waals surface area contributed by atoms with E-state index in [1.165, 1.54) is 6.33 Å². The van der Waals surface area contributed by atoms with Crippen LogP contribution in [0.1, 0.15) is 18.0 Å². The zero-order valence-electron chi connectivity index (χ0n) is 13.6. The Balaban J connectivity index is 1.41. The molecule has 3 unspecified atom stereocenters. The molecule has 1 N–H and O–H groups in total. The van der Waals surface area contributed by atoms with Crippen molar-refractivity contribution in [3.05, 3.63) is 53.7 Å². The molecule has 3 aromatic rings. The molecule has 2 heterocycles. The van der Waals surface area contributed by atoms with Gasteiger partial charge in [0.1, 0.15) is 11.8 Å². The standard InChI is InChI=1S/C18H19ClN4O2/c19-17-16-18(21-10-20-17)23(11-22-16)15-6-13(14(15)7-24)9-25-8-12-4-2-1-3-5-12/h1-5,10-11,13-15,24H,6-9H2. The van der Waals surface area contributed by atoms with Crippen molar-refractivity contribution in [1.82, 2.24) is 19.5 Å². The van der Waals surface area contributed by atoms with Gasteiger partial charge in [0.15, 0.2) is 10.8 Å². The first kappa shape index (κ1) is 16.4. The topological polar surface area (TPSA) is 73.1 Å². The van der Waals surface area contributed by atoms with Crippen LogP contribution in [-0.4, -0.2) is 37.8 Å². The second-order valence-corrected chi connectivity index (χ2v) is 6.76. The van der Waals surface area contributed by atoms with E-state index in [0.29, 0.717) is 35.4 Å². The Morgan fingerprint density at radius 2 is 2.04 bits per heavy atom. The van der Waals surface area contributed by atoms with Crippen molar-refractivity contribution >= 4 is 22.8 Å². The summed E-state index contributed by atoms with van der Waals surface area (Å²) in [6.45, 7) is 1.35. The number of aliphatic hydroxyl groups is 1. The maximum absolute atomic E-state index is 9.82. The van der Waals surface area contributed by atoms with E-state index in [1.807, 2.05) is 34.9 Å². The summed E-state index contributed by atoms with van der Waals surface area (Å²) in [5, 5.41) is 10.2. The summed E-state index contributed by atoms with van der Waals surface area (Å²) in [6, 6.07) is 10.3. The van der Waals surface area contributed by atoms with Crippen molar-refractivity contribution in [3.8, 4) is 0 Å². The molecule has 2 aromatic heterocycles. The van der Waals surface area contributed by atoms with Crippen LogP contribution in [-0.2, 0) is 11.3 Å². The second kappa shape index (κ2) is 7.07. The van der Waals surface area contributed by atoms with E-state index >= 15 is 0 Å². The van der Waals surface area contributed by atoms with Crippen molar-refractivity contribution in [2.24, 2.45) is 11.8 Å². The number of nitrogens with zero attached hydrogens (tertiary/aromatic N) is 4. The SMILES string of the molecule is OCC1C(COCc2ccccc2)CC1n1cnc2c(Cl)ncnc21. The lowest BCUT2D eigenvalue weighted by Crippen LogP contribution is -2.42. The van der Waals surface area contributed by atoms with Gasteiger partial charge in [-0.1, -0.05) is 41.9 Å². The van der Waals surface area contributed by atoms with Gasteiger partial charge in [-0.15, -0.1) is 0 Å². The highest BCUT2D eigenvalue weighted by Gasteiger charge is 2.42. The molecule has 0 spiro atoms. The third-order valence-corrected chi connectivity index (χ3v) is 5.25. The zero-order valence-corrected chi connectivity index (χ0v) is 14.4. The van der Waals surface area contributed by atoms with Gasteiger partial charge in [0.25, 0.3) is 0 Å². The van der Waals surface area contributed by atoms with Crippen LogP contribution in [0.2, 0.25) is 5.15 Å². The summed E-state index contributed by atoms with van der Waals surface area (Å²) in [6.07, 6.45) is 4.10. The van der Waals surface area contributed by atoms with E-state index in [1.54, 1.807) is 6.33 Å². The van der Waals surface area contributed by atoms with Crippen LogP contribution in [0.25, 0.3) is 11.2 Å². The van der Waals surface area contributed by atoms with Gasteiger partial charge < -0.3 is 14.4 Å². The highest BCUT2D eigenvalue weighted by molar-refractivity contribution is 6.33. The number of benzene rings is 1. The average Bonchev–Trinajstić information content (AvgIpc) is 3.04. The normalized spacial score (nSPS) is 22.9. The highest BCUT2D eigenvalue weighted by atomic mass is 35.5. The van der Waals surface area contributed by atoms with E-state index < -0.39 is 0 Å². The summed E-state index contributed by atoms with van der Waals surface area (Å²) < 4.78 is 7.84. The van der Waals surface area contributed by atoms with Gasteiger partial charge in [-0.2, -0.15) is 0 Å². The zero-order chi connectivity index (χ0) is 17.2. The van der Waals surface area contributed by atoms with Crippen molar-refractivity contribution in [1.29, 1.82) is 0 Å². The number of aliphatic hydroxyl groups excluding tert-OH is 1. The number of rotatable bonds is 6. The maximum atomic E-state index is 9.82. The lowest BCUT2D eigenvalue weighted by molar-refractivity contribution is -0.0347. The van der Waals surface area contributed by atoms with E-state index in [4.69, 9.17) is 16.3 Å². The van der Waals surface area contributed by atoms with E-state index in [0.717, 1.165) is 12.0 Å². The Kier molecular flexibility index (Phi) is 4.65. The Labute approximate surface area is 150 Å². The molecule has 1 saturated carbocycles. The van der Waals surface area contributed by atoms with Crippen LogP contribution in [0.5, 0.6) is 0 Å². The Morgan fingerprint density at radius 3 is 2.84 bits per heavy atom. The van der Waals surface area contributed by atoms with Crippen LogP contribution < -0.4 is 0 Å². The minimum absolute atomic E-state index is 0.114. The molecule has 6 nitrogen and oxygen atoms in total. The molecule has 4 rings (SSSR count). The predicted molar refractivity (Wildman–Crippen MR) is 94.2 cm³/mol. The minimum Gasteiger partial charge on any atom is -0.396 e. The van der Waals surface area contributed by atoms with Gasteiger partial charge in [-0.05, 0) is 17.9 Å². The maximum Gasteiger partial charge on any atom is 0.165 e. The van der Waals surface area contributed by atoms with Crippen LogP contribution in [0, 0.1) is 11.8 Å². The van der Waals surface area contributed by atoms with Gasteiger partial charge >= 0.3 is 0 Å². The Hall–Kier alpha value is -2.02. The summed E-state index contributed by atoms with van der Waals surface area (Å²) in [5.41, 5.74) is 2.47. The van der Waals surface area contributed by atoms with E-state index in [-0.39, 0.29) is 18.6 Å². The first-order valence-electron chi connectivity index (χ1n) is 8.33. The molecule has 1 fully saturated rings. The van der Waals surface area contributed by atoms with Gasteiger partial charge in [-0.25, -0.2) is 15.0 Å². The number of aromatic nitrogens is 4. The fraction of sp³-hybridized carbons (Fsp3) is 0.389. The summed E-state index contributed by atoms with van der Waals surface area (Å²) in [5.74, 6) is 0.454. The summed E-state index contributed by atoms with van der Waals surface area (Å²) in [4.78, 5) is 12.6. The van der Waals surface area contributed by atoms with Crippen LogP contribution in [0.4, 0.5) is 0 Å². The minimum atomic E-state index is 0.114. The molecule has 0 bridgehead atoms. The van der Waals surface area contributed by atoms with Crippen LogP contribution in [0.3, 0.4) is 0 Å². The number of fused-ring (bicyclic) bond motifs is 1. The average molecular weight is 359 g/mol. The smallest absolute Gasteiger partial charge is 0.165 e. The summed E-state index contributed by atoms with van der Waals surface area (Å²) in [7, 11) is 0. The number of hydrogen-bond acceptors (Lipinski definition) is 5. The van der Waals surface area contributed by atoms with Crippen molar-refractivity contribution in [2.75, 3.05) is 13.2 Å². The molecule has 1 aliphatic rings. The van der Waals surface area contributed by atoms with Crippen LogP contribution in [0.15, 0.2) is 43.0 Å². The second-order valence-electron chi connectivity index (χ2n) is 6.40. The first-order valence-corrected chi connectivity index (χ1v) is 8.71. The number of hydrogen-bond donors (Lipinski definition) is 1. The molecule has 1 aromatic carbocycles. The fourth-order valence-electron chi connectivity index (χ4n) is 3.53. The summed E-state index contributed by atoms with van der Waals surface area (Å²) >= 11 is 6.07. The van der Waals surface area contributed by atoms with Gasteiger partial charge in [-0.3, -0.25) is 0 Å². The molecule has 25 heavy (non-hydrogen) atoms. The molecule has 0 radical (unpaired) electrons. The van der Waals surface area contributed by atoms with E-state index in [2.05, 4.69) is 15.0 Å². The van der Waals surface area contributed by atoms with Crippen molar-refractivity contribution in [2.45, 2.75) is 19.1 Å². The lowest BCUT2D eigenvalue weighted by atomic mass is 9.70. The number of ether oxygens (including phenoxy) is 1. The molecule has 1 aliphatic carbocycles. The highest BCUT2D eigenvalue weighted by Crippen LogP contribution is 2.45. The third kappa shape index (κ3) is 3.13. The molecular weight excluding hydrogens is 340 g/mol.